The summed E-state index contributed by atoms with van der Waals surface area (Å²) in [6, 6.07) is 16.8. The van der Waals surface area contributed by atoms with Crippen LogP contribution in [0.2, 0.25) is 5.02 Å². The van der Waals surface area contributed by atoms with Crippen LogP contribution in [0, 0.1) is 0 Å². The van der Waals surface area contributed by atoms with Gasteiger partial charge in [-0.3, -0.25) is 4.79 Å². The van der Waals surface area contributed by atoms with Gasteiger partial charge in [-0.15, -0.1) is 0 Å². The van der Waals surface area contributed by atoms with E-state index in [1.54, 1.807) is 24.3 Å². The van der Waals surface area contributed by atoms with Crippen molar-refractivity contribution in [3.63, 3.8) is 0 Å². The Labute approximate surface area is 162 Å². The molecule has 0 unspecified atom stereocenters. The van der Waals surface area contributed by atoms with Crippen LogP contribution >= 0.6 is 11.6 Å². The predicted octanol–water partition coefficient (Wildman–Crippen LogP) is 5.29. The van der Waals surface area contributed by atoms with Gasteiger partial charge in [0.15, 0.2) is 11.5 Å². The highest BCUT2D eigenvalue weighted by Gasteiger charge is 2.16. The van der Waals surface area contributed by atoms with Gasteiger partial charge in [-0.1, -0.05) is 43.1 Å². The number of hydrogen-bond acceptors (Lipinski definition) is 3. The number of hydrogen-bond donors (Lipinski definition) is 1. The fraction of sp³-hybridized carbons (Fsp3) is 0.190. The number of rotatable bonds is 5. The molecule has 0 saturated carbocycles. The molecule has 2 heterocycles. The van der Waals surface area contributed by atoms with Gasteiger partial charge in [0.25, 0.3) is 5.91 Å². The van der Waals surface area contributed by atoms with Gasteiger partial charge in [0.2, 0.25) is 0 Å². The largest absolute Gasteiger partial charge is 0.305 e. The van der Waals surface area contributed by atoms with Crippen molar-refractivity contribution in [2.45, 2.75) is 26.3 Å². The van der Waals surface area contributed by atoms with E-state index in [1.807, 2.05) is 35.0 Å². The Morgan fingerprint density at radius 1 is 1.15 bits per heavy atom. The summed E-state index contributed by atoms with van der Waals surface area (Å²) < 4.78 is 1.88. The van der Waals surface area contributed by atoms with Gasteiger partial charge in [-0.25, -0.2) is 9.67 Å². The summed E-state index contributed by atoms with van der Waals surface area (Å²) >= 11 is 5.91. The molecular weight excluding hydrogens is 360 g/mol. The molecular formula is C21H19ClN4O. The quantitative estimate of drug-likeness (QED) is 0.513. The molecule has 136 valence electrons. The fourth-order valence-corrected chi connectivity index (χ4v) is 3.16. The number of para-hydroxylation sites is 1. The molecule has 0 aliphatic heterocycles. The van der Waals surface area contributed by atoms with Crippen LogP contribution in [0.25, 0.3) is 21.9 Å². The van der Waals surface area contributed by atoms with E-state index in [-0.39, 0.29) is 5.91 Å². The monoisotopic (exact) mass is 378 g/mol. The van der Waals surface area contributed by atoms with E-state index in [0.29, 0.717) is 16.4 Å². The molecule has 0 atom stereocenters. The molecule has 1 amide bonds. The van der Waals surface area contributed by atoms with Crippen LogP contribution < -0.4 is 5.32 Å². The molecule has 0 spiro atoms. The topological polar surface area (TPSA) is 59.8 Å². The molecule has 2 aromatic heterocycles. The van der Waals surface area contributed by atoms with Crippen molar-refractivity contribution in [3.05, 3.63) is 65.2 Å². The highest BCUT2D eigenvalue weighted by Crippen LogP contribution is 2.26. The van der Waals surface area contributed by atoms with Crippen molar-refractivity contribution in [2.24, 2.45) is 0 Å². The Balaban J connectivity index is 1.77. The van der Waals surface area contributed by atoms with Gasteiger partial charge in [-0.05, 0) is 42.8 Å². The molecule has 27 heavy (non-hydrogen) atoms. The summed E-state index contributed by atoms with van der Waals surface area (Å²) in [4.78, 5) is 17.4. The first-order valence-electron chi connectivity index (χ1n) is 8.99. The van der Waals surface area contributed by atoms with Gasteiger partial charge in [-0.2, -0.15) is 5.10 Å². The zero-order valence-corrected chi connectivity index (χ0v) is 15.7. The summed E-state index contributed by atoms with van der Waals surface area (Å²) in [5, 5.41) is 10.0. The van der Waals surface area contributed by atoms with Crippen LogP contribution in [0.15, 0.2) is 54.6 Å². The van der Waals surface area contributed by atoms with Crippen molar-refractivity contribution < 1.29 is 4.79 Å². The molecule has 0 fully saturated rings. The number of unbranched alkanes of at least 4 members (excludes halogenated alkanes) is 1. The van der Waals surface area contributed by atoms with E-state index >= 15 is 0 Å². The van der Waals surface area contributed by atoms with Crippen LogP contribution in [0.3, 0.4) is 0 Å². The summed E-state index contributed by atoms with van der Waals surface area (Å²) in [6.07, 6.45) is 2.05. The van der Waals surface area contributed by atoms with E-state index in [9.17, 15) is 4.79 Å². The van der Waals surface area contributed by atoms with Crippen LogP contribution in [0.5, 0.6) is 0 Å². The number of benzene rings is 2. The lowest BCUT2D eigenvalue weighted by Crippen LogP contribution is -2.12. The lowest BCUT2D eigenvalue weighted by molar-refractivity contribution is 0.102. The second-order valence-corrected chi connectivity index (χ2v) is 6.87. The number of halogens is 1. The maximum atomic E-state index is 12.6. The lowest BCUT2D eigenvalue weighted by Gasteiger charge is -2.03. The number of amides is 1. The molecule has 6 heteroatoms. The summed E-state index contributed by atoms with van der Waals surface area (Å²) in [5.74, 6) is 0.307. The smallest absolute Gasteiger partial charge is 0.256 e. The maximum absolute atomic E-state index is 12.6. The van der Waals surface area contributed by atoms with Crippen LogP contribution in [-0.2, 0) is 6.54 Å². The number of pyridine rings is 1. The molecule has 2 aromatic carbocycles. The van der Waals surface area contributed by atoms with E-state index in [0.717, 1.165) is 41.3 Å². The third kappa shape index (κ3) is 3.51. The molecule has 4 aromatic rings. The summed E-state index contributed by atoms with van der Waals surface area (Å²) in [5.41, 5.74) is 2.23. The number of fused-ring (bicyclic) bond motifs is 2. The Morgan fingerprint density at radius 3 is 2.70 bits per heavy atom. The number of carbonyl (C=O) groups is 1. The Morgan fingerprint density at radius 2 is 1.93 bits per heavy atom. The Bertz CT molecular complexity index is 1120. The zero-order chi connectivity index (χ0) is 18.8. The summed E-state index contributed by atoms with van der Waals surface area (Å²) in [7, 11) is 0. The first-order valence-corrected chi connectivity index (χ1v) is 9.36. The van der Waals surface area contributed by atoms with Crippen molar-refractivity contribution in [3.8, 4) is 0 Å². The molecule has 1 N–H and O–H groups in total. The van der Waals surface area contributed by atoms with Gasteiger partial charge < -0.3 is 5.32 Å². The number of nitrogens with one attached hydrogen (secondary N) is 1. The van der Waals surface area contributed by atoms with E-state index in [1.165, 1.54) is 0 Å². The molecule has 5 nitrogen and oxygen atoms in total. The van der Waals surface area contributed by atoms with Crippen molar-refractivity contribution in [1.82, 2.24) is 14.8 Å². The Kier molecular flexibility index (Phi) is 4.77. The number of carbonyl (C=O) groups excluding carboxylic acids is 1. The second kappa shape index (κ2) is 7.37. The molecule has 0 aliphatic rings. The van der Waals surface area contributed by atoms with Gasteiger partial charge in [0.1, 0.15) is 0 Å². The fourth-order valence-electron chi connectivity index (χ4n) is 3.04. The highest BCUT2D eigenvalue weighted by molar-refractivity contribution is 6.30. The van der Waals surface area contributed by atoms with Crippen molar-refractivity contribution in [2.75, 3.05) is 5.32 Å². The molecule has 0 saturated heterocycles. The standard InChI is InChI=1S/C21H19ClN4O/c1-2-3-12-26-20-17(13-15-6-4-5-7-18(15)23-20)19(25-26)24-21(27)14-8-10-16(22)11-9-14/h4-11,13H,2-3,12H2,1H3,(H,24,25,27). The van der Waals surface area contributed by atoms with Crippen LogP contribution in [-0.4, -0.2) is 20.7 Å². The normalized spacial score (nSPS) is 11.2. The molecule has 4 rings (SSSR count). The van der Waals surface area contributed by atoms with Crippen LogP contribution in [0.4, 0.5) is 5.82 Å². The van der Waals surface area contributed by atoms with Gasteiger partial charge in [0.05, 0.1) is 10.9 Å². The SMILES string of the molecule is CCCCn1nc(NC(=O)c2ccc(Cl)cc2)c2cc3ccccc3nc21. The average Bonchev–Trinajstić information content (AvgIpc) is 3.01. The van der Waals surface area contributed by atoms with Crippen molar-refractivity contribution in [1.29, 1.82) is 0 Å². The third-order valence-electron chi connectivity index (χ3n) is 4.49. The highest BCUT2D eigenvalue weighted by atomic mass is 35.5. The van der Waals surface area contributed by atoms with E-state index < -0.39 is 0 Å². The van der Waals surface area contributed by atoms with Crippen LogP contribution in [0.1, 0.15) is 30.1 Å². The number of aromatic nitrogens is 3. The van der Waals surface area contributed by atoms with E-state index in [2.05, 4.69) is 17.3 Å². The molecule has 0 bridgehead atoms. The predicted molar refractivity (Wildman–Crippen MR) is 109 cm³/mol. The third-order valence-corrected chi connectivity index (χ3v) is 4.74. The summed E-state index contributed by atoms with van der Waals surface area (Å²) in [6.45, 7) is 2.90. The zero-order valence-electron chi connectivity index (χ0n) is 14.9. The second-order valence-electron chi connectivity index (χ2n) is 6.44. The number of nitrogens with zero attached hydrogens (tertiary/aromatic N) is 3. The van der Waals surface area contributed by atoms with Gasteiger partial charge in [0, 0.05) is 22.5 Å². The first kappa shape index (κ1) is 17.5. The number of anilines is 1. The lowest BCUT2D eigenvalue weighted by atomic mass is 10.2. The molecule has 0 radical (unpaired) electrons. The average molecular weight is 379 g/mol. The number of aryl methyl sites for hydroxylation is 1. The minimum atomic E-state index is -0.220. The maximum Gasteiger partial charge on any atom is 0.256 e. The Hall–Kier alpha value is -2.92. The minimum absolute atomic E-state index is 0.220. The first-order chi connectivity index (χ1) is 13.2. The molecule has 0 aliphatic carbocycles. The van der Waals surface area contributed by atoms with Crippen molar-refractivity contribution >= 4 is 45.3 Å². The van der Waals surface area contributed by atoms with E-state index in [4.69, 9.17) is 16.6 Å². The minimum Gasteiger partial charge on any atom is -0.305 e. The van der Waals surface area contributed by atoms with Gasteiger partial charge >= 0.3 is 0 Å².